The first-order valence-electron chi connectivity index (χ1n) is 6.76. The maximum absolute atomic E-state index is 4.70. The predicted molar refractivity (Wildman–Crippen MR) is 86.8 cm³/mol. The number of hydrogen-bond acceptors (Lipinski definition) is 2. The third kappa shape index (κ3) is 2.14. The van der Waals surface area contributed by atoms with Gasteiger partial charge in [-0.1, -0.05) is 43.0 Å². The minimum atomic E-state index is 0.682. The van der Waals surface area contributed by atoms with Crippen molar-refractivity contribution in [3.05, 3.63) is 71.8 Å². The Bertz CT molecular complexity index is 679. The lowest BCUT2D eigenvalue weighted by molar-refractivity contribution is 1.13. The molecule has 0 aliphatic carbocycles. The fourth-order valence-electron chi connectivity index (χ4n) is 2.51. The lowest BCUT2D eigenvalue weighted by Crippen LogP contribution is -2.13. The van der Waals surface area contributed by atoms with E-state index in [0.29, 0.717) is 6.54 Å². The van der Waals surface area contributed by atoms with Crippen molar-refractivity contribution in [2.24, 2.45) is 4.99 Å². The zero-order chi connectivity index (χ0) is 14.1. The number of anilines is 1. The molecule has 20 heavy (non-hydrogen) atoms. The van der Waals surface area contributed by atoms with E-state index in [-0.39, 0.29) is 0 Å². The largest absolute Gasteiger partial charge is 0.378 e. The second kappa shape index (κ2) is 4.97. The lowest BCUT2D eigenvalue weighted by atomic mass is 9.91. The van der Waals surface area contributed by atoms with Crippen molar-refractivity contribution in [1.82, 2.24) is 0 Å². The Labute approximate surface area is 120 Å². The molecule has 0 fully saturated rings. The normalized spacial score (nSPS) is 13.7. The zero-order valence-corrected chi connectivity index (χ0v) is 11.9. The monoisotopic (exact) mass is 262 g/mol. The molecule has 2 heteroatoms. The highest BCUT2D eigenvalue weighted by atomic mass is 15.1. The Balaban J connectivity index is 2.05. The van der Waals surface area contributed by atoms with Crippen LogP contribution in [0.3, 0.4) is 0 Å². The summed E-state index contributed by atoms with van der Waals surface area (Å²) in [5.74, 6) is 0. The summed E-state index contributed by atoms with van der Waals surface area (Å²) in [7, 11) is 4.10. The summed E-state index contributed by atoms with van der Waals surface area (Å²) in [5, 5.41) is 0. The van der Waals surface area contributed by atoms with Gasteiger partial charge in [-0.05, 0) is 23.3 Å². The van der Waals surface area contributed by atoms with Gasteiger partial charge >= 0.3 is 0 Å². The summed E-state index contributed by atoms with van der Waals surface area (Å²) in [6.45, 7) is 4.79. The van der Waals surface area contributed by atoms with E-state index in [2.05, 4.69) is 60.0 Å². The standard InChI is InChI=1S/C18H18N2/c1-13-12-19-18(17-7-5-4-6-16(13)17)14-8-10-15(11-9-14)20(2)3/h4-11H,1,12H2,2-3H3. The number of hydrogen-bond donors (Lipinski definition) is 0. The van der Waals surface area contributed by atoms with Gasteiger partial charge < -0.3 is 4.90 Å². The molecule has 0 saturated carbocycles. The van der Waals surface area contributed by atoms with E-state index >= 15 is 0 Å². The van der Waals surface area contributed by atoms with Crippen LogP contribution in [0.15, 0.2) is 60.1 Å². The molecule has 0 N–H and O–H groups in total. The van der Waals surface area contributed by atoms with Gasteiger partial charge in [0.25, 0.3) is 0 Å². The van der Waals surface area contributed by atoms with Gasteiger partial charge in [0.1, 0.15) is 0 Å². The number of aliphatic imine (C=N–C) groups is 1. The predicted octanol–water partition coefficient (Wildman–Crippen LogP) is 3.62. The molecule has 2 aromatic rings. The lowest BCUT2D eigenvalue weighted by Gasteiger charge is -2.19. The number of nitrogens with zero attached hydrogens (tertiary/aromatic N) is 2. The molecule has 2 aromatic carbocycles. The van der Waals surface area contributed by atoms with Crippen LogP contribution in [0, 0.1) is 0 Å². The van der Waals surface area contributed by atoms with Gasteiger partial charge in [0, 0.05) is 30.9 Å². The van der Waals surface area contributed by atoms with Crippen LogP contribution in [0.5, 0.6) is 0 Å². The van der Waals surface area contributed by atoms with E-state index < -0.39 is 0 Å². The molecular formula is C18H18N2. The van der Waals surface area contributed by atoms with Gasteiger partial charge in [-0.15, -0.1) is 0 Å². The summed E-state index contributed by atoms with van der Waals surface area (Å²) >= 11 is 0. The SMILES string of the molecule is C=C1CN=C(c2ccc(N(C)C)cc2)c2ccccc21. The Hall–Kier alpha value is -2.35. The molecule has 0 spiro atoms. The molecule has 3 rings (SSSR count). The molecule has 2 nitrogen and oxygen atoms in total. The summed E-state index contributed by atoms with van der Waals surface area (Å²) in [6, 6.07) is 16.9. The number of fused-ring (bicyclic) bond motifs is 1. The van der Waals surface area contributed by atoms with E-state index in [4.69, 9.17) is 4.99 Å². The van der Waals surface area contributed by atoms with Gasteiger partial charge in [0.05, 0.1) is 12.3 Å². The van der Waals surface area contributed by atoms with Crippen LogP contribution in [-0.4, -0.2) is 26.4 Å². The van der Waals surface area contributed by atoms with E-state index in [1.807, 2.05) is 14.1 Å². The molecular weight excluding hydrogens is 244 g/mol. The van der Waals surface area contributed by atoms with Crippen molar-refractivity contribution in [2.75, 3.05) is 25.5 Å². The summed E-state index contributed by atoms with van der Waals surface area (Å²) < 4.78 is 0. The topological polar surface area (TPSA) is 15.6 Å². The molecule has 0 saturated heterocycles. The molecule has 100 valence electrons. The molecule has 1 heterocycles. The van der Waals surface area contributed by atoms with Crippen LogP contribution < -0.4 is 4.90 Å². The highest BCUT2D eigenvalue weighted by Crippen LogP contribution is 2.26. The van der Waals surface area contributed by atoms with Gasteiger partial charge in [0.2, 0.25) is 0 Å². The quantitative estimate of drug-likeness (QED) is 0.807. The van der Waals surface area contributed by atoms with Crippen LogP contribution in [-0.2, 0) is 0 Å². The maximum atomic E-state index is 4.70. The molecule has 0 unspecified atom stereocenters. The highest BCUT2D eigenvalue weighted by molar-refractivity contribution is 6.16. The summed E-state index contributed by atoms with van der Waals surface area (Å²) in [6.07, 6.45) is 0. The Morgan fingerprint density at radius 1 is 0.950 bits per heavy atom. The average Bonchev–Trinajstić information content (AvgIpc) is 2.48. The van der Waals surface area contributed by atoms with Crippen molar-refractivity contribution >= 4 is 17.0 Å². The van der Waals surface area contributed by atoms with Crippen LogP contribution in [0.4, 0.5) is 5.69 Å². The van der Waals surface area contributed by atoms with Crippen molar-refractivity contribution in [3.63, 3.8) is 0 Å². The van der Waals surface area contributed by atoms with Crippen LogP contribution in [0.1, 0.15) is 16.7 Å². The molecule has 1 aliphatic heterocycles. The van der Waals surface area contributed by atoms with Crippen LogP contribution >= 0.6 is 0 Å². The Kier molecular flexibility index (Phi) is 3.15. The highest BCUT2D eigenvalue weighted by Gasteiger charge is 2.17. The van der Waals surface area contributed by atoms with E-state index in [0.717, 1.165) is 16.8 Å². The third-order valence-corrected chi connectivity index (χ3v) is 3.65. The van der Waals surface area contributed by atoms with Crippen LogP contribution in [0.25, 0.3) is 5.57 Å². The van der Waals surface area contributed by atoms with Gasteiger partial charge in [-0.2, -0.15) is 0 Å². The van der Waals surface area contributed by atoms with Gasteiger partial charge in [0.15, 0.2) is 0 Å². The van der Waals surface area contributed by atoms with Crippen molar-refractivity contribution in [2.45, 2.75) is 0 Å². The Morgan fingerprint density at radius 3 is 2.25 bits per heavy atom. The minimum absolute atomic E-state index is 0.682. The first kappa shape index (κ1) is 12.7. The fourth-order valence-corrected chi connectivity index (χ4v) is 2.51. The van der Waals surface area contributed by atoms with Crippen molar-refractivity contribution in [3.8, 4) is 0 Å². The van der Waals surface area contributed by atoms with Gasteiger partial charge in [-0.3, -0.25) is 4.99 Å². The van der Waals surface area contributed by atoms with Crippen molar-refractivity contribution < 1.29 is 0 Å². The number of benzene rings is 2. The molecule has 1 aliphatic rings. The zero-order valence-electron chi connectivity index (χ0n) is 11.9. The van der Waals surface area contributed by atoms with Crippen molar-refractivity contribution in [1.29, 1.82) is 0 Å². The second-order valence-electron chi connectivity index (χ2n) is 5.26. The van der Waals surface area contributed by atoms with E-state index in [1.165, 1.54) is 16.8 Å². The van der Waals surface area contributed by atoms with E-state index in [1.54, 1.807) is 0 Å². The van der Waals surface area contributed by atoms with E-state index in [9.17, 15) is 0 Å². The molecule has 0 radical (unpaired) electrons. The molecule has 0 amide bonds. The Morgan fingerprint density at radius 2 is 1.60 bits per heavy atom. The summed E-state index contributed by atoms with van der Waals surface area (Å²) in [5.41, 5.74) is 6.92. The molecule has 0 aromatic heterocycles. The summed E-state index contributed by atoms with van der Waals surface area (Å²) in [4.78, 5) is 6.80. The third-order valence-electron chi connectivity index (χ3n) is 3.65. The smallest absolute Gasteiger partial charge is 0.0729 e. The molecule has 0 atom stereocenters. The van der Waals surface area contributed by atoms with Crippen LogP contribution in [0.2, 0.25) is 0 Å². The minimum Gasteiger partial charge on any atom is -0.378 e. The maximum Gasteiger partial charge on any atom is 0.0729 e. The fraction of sp³-hybridized carbons (Fsp3) is 0.167. The first-order valence-corrected chi connectivity index (χ1v) is 6.76. The molecule has 0 bridgehead atoms. The van der Waals surface area contributed by atoms with Gasteiger partial charge in [-0.25, -0.2) is 0 Å². The first-order chi connectivity index (χ1) is 9.66. The second-order valence-corrected chi connectivity index (χ2v) is 5.26. The number of rotatable bonds is 2. The average molecular weight is 262 g/mol.